The third-order valence-electron chi connectivity index (χ3n) is 4.67. The van der Waals surface area contributed by atoms with E-state index >= 15 is 0 Å². The van der Waals surface area contributed by atoms with Crippen molar-refractivity contribution in [3.05, 3.63) is 83.2 Å². The lowest BCUT2D eigenvalue weighted by Gasteiger charge is -2.19. The molecule has 0 aliphatic carbocycles. The lowest BCUT2D eigenvalue weighted by molar-refractivity contribution is 0.590. The molecule has 0 saturated heterocycles. The second kappa shape index (κ2) is 5.73. The number of furan rings is 1. The van der Waals surface area contributed by atoms with Crippen LogP contribution in [0, 0.1) is 11.9 Å². The van der Waals surface area contributed by atoms with Gasteiger partial charge in [-0.3, -0.25) is 0 Å². The molecule has 1 heterocycles. The quantitative estimate of drug-likeness (QED) is 0.413. The van der Waals surface area contributed by atoms with Crippen molar-refractivity contribution in [1.29, 1.82) is 0 Å². The summed E-state index contributed by atoms with van der Waals surface area (Å²) in [4.78, 5) is 0. The zero-order valence-corrected chi connectivity index (χ0v) is 14.7. The van der Waals surface area contributed by atoms with E-state index in [1.165, 1.54) is 17.2 Å². The van der Waals surface area contributed by atoms with E-state index in [9.17, 15) is 4.39 Å². The predicted octanol–water partition coefficient (Wildman–Crippen LogP) is 6.41. The van der Waals surface area contributed by atoms with Crippen LogP contribution in [0.2, 0.25) is 0 Å². The van der Waals surface area contributed by atoms with Crippen LogP contribution in [0.3, 0.4) is 0 Å². The number of fused-ring (bicyclic) bond motifs is 3. The Labute approximate surface area is 147 Å². The van der Waals surface area contributed by atoms with E-state index in [1.54, 1.807) is 12.1 Å². The topological polar surface area (TPSA) is 13.1 Å². The smallest absolute Gasteiger partial charge is 0.135 e. The molecule has 3 aromatic carbocycles. The fourth-order valence-electron chi connectivity index (χ4n) is 3.27. The highest BCUT2D eigenvalue weighted by atomic mass is 19.1. The minimum atomic E-state index is -0.250. The van der Waals surface area contributed by atoms with E-state index in [1.807, 2.05) is 12.1 Å². The molecule has 0 aliphatic heterocycles. The van der Waals surface area contributed by atoms with Gasteiger partial charge >= 0.3 is 0 Å². The van der Waals surface area contributed by atoms with Gasteiger partial charge in [0.2, 0.25) is 0 Å². The highest BCUT2D eigenvalue weighted by Gasteiger charge is 2.15. The maximum atomic E-state index is 13.7. The molecule has 0 unspecified atom stereocenters. The number of halogens is 1. The normalized spacial score (nSPS) is 12.2. The van der Waals surface area contributed by atoms with Gasteiger partial charge in [-0.15, -0.1) is 0 Å². The van der Waals surface area contributed by atoms with E-state index < -0.39 is 0 Å². The van der Waals surface area contributed by atoms with Crippen LogP contribution in [-0.2, 0) is 11.8 Å². The van der Waals surface area contributed by atoms with Crippen LogP contribution in [0.25, 0.3) is 21.9 Å². The molecule has 0 atom stereocenters. The third-order valence-corrected chi connectivity index (χ3v) is 4.67. The Balaban J connectivity index is 1.79. The molecule has 1 aromatic heterocycles. The first kappa shape index (κ1) is 15.9. The number of rotatable bonds is 2. The maximum Gasteiger partial charge on any atom is 0.135 e. The van der Waals surface area contributed by atoms with Gasteiger partial charge in [0.05, 0.1) is 0 Å². The molecule has 0 amide bonds. The van der Waals surface area contributed by atoms with Crippen molar-refractivity contribution < 1.29 is 8.81 Å². The second-order valence-corrected chi connectivity index (χ2v) is 7.56. The standard InChI is InChI=1S/C23H20FO/c1-23(2,3)17-9-7-15(8-10-17)13-16-5-4-6-21-22(16)19-14-18(24)11-12-20(19)25-21/h4,6-12,14H,13H2,1-3H3. The van der Waals surface area contributed by atoms with Gasteiger partial charge in [0.25, 0.3) is 0 Å². The molecule has 2 heteroatoms. The monoisotopic (exact) mass is 331 g/mol. The molecular weight excluding hydrogens is 311 g/mol. The van der Waals surface area contributed by atoms with Crippen LogP contribution in [0.4, 0.5) is 4.39 Å². The largest absolute Gasteiger partial charge is 0.456 e. The van der Waals surface area contributed by atoms with Crippen molar-refractivity contribution in [3.8, 4) is 0 Å². The highest BCUT2D eigenvalue weighted by Crippen LogP contribution is 2.33. The zero-order valence-electron chi connectivity index (χ0n) is 14.7. The van der Waals surface area contributed by atoms with Crippen LogP contribution in [0.1, 0.15) is 37.5 Å². The molecule has 125 valence electrons. The molecule has 4 aromatic rings. The Kier molecular flexibility index (Phi) is 3.64. The van der Waals surface area contributed by atoms with E-state index in [0.29, 0.717) is 5.58 Å². The summed E-state index contributed by atoms with van der Waals surface area (Å²) in [5, 5.41) is 1.77. The third kappa shape index (κ3) is 2.93. The molecule has 0 aliphatic rings. The first-order valence-electron chi connectivity index (χ1n) is 8.52. The van der Waals surface area contributed by atoms with E-state index in [2.05, 4.69) is 51.1 Å². The molecule has 25 heavy (non-hydrogen) atoms. The van der Waals surface area contributed by atoms with Gasteiger partial charge in [-0.25, -0.2) is 4.39 Å². The van der Waals surface area contributed by atoms with E-state index in [0.717, 1.165) is 28.3 Å². The molecule has 0 fully saturated rings. The fraction of sp³-hybridized carbons (Fsp3) is 0.217. The summed E-state index contributed by atoms with van der Waals surface area (Å²) in [6, 6.07) is 20.4. The Morgan fingerprint density at radius 2 is 1.72 bits per heavy atom. The first-order valence-corrected chi connectivity index (χ1v) is 8.52. The molecule has 1 nitrogen and oxygen atoms in total. The van der Waals surface area contributed by atoms with Crippen LogP contribution in [0.15, 0.2) is 59.0 Å². The van der Waals surface area contributed by atoms with Crippen molar-refractivity contribution >= 4 is 21.9 Å². The van der Waals surface area contributed by atoms with Gasteiger partial charge in [0.15, 0.2) is 0 Å². The average molecular weight is 331 g/mol. The van der Waals surface area contributed by atoms with E-state index in [-0.39, 0.29) is 11.2 Å². The summed E-state index contributed by atoms with van der Waals surface area (Å²) < 4.78 is 19.6. The van der Waals surface area contributed by atoms with Gasteiger partial charge in [0, 0.05) is 10.8 Å². The minimum absolute atomic E-state index is 0.142. The van der Waals surface area contributed by atoms with Crippen molar-refractivity contribution in [3.63, 3.8) is 0 Å². The van der Waals surface area contributed by atoms with Crippen molar-refractivity contribution in [1.82, 2.24) is 0 Å². The van der Waals surface area contributed by atoms with Gasteiger partial charge in [0.1, 0.15) is 17.0 Å². The summed E-state index contributed by atoms with van der Waals surface area (Å²) in [5.41, 5.74) is 5.19. The number of benzene rings is 3. The Bertz CT molecular complexity index is 1050. The molecule has 4 rings (SSSR count). The summed E-state index contributed by atoms with van der Waals surface area (Å²) in [6.45, 7) is 6.63. The Morgan fingerprint density at radius 3 is 2.44 bits per heavy atom. The zero-order chi connectivity index (χ0) is 17.6. The fourth-order valence-corrected chi connectivity index (χ4v) is 3.27. The summed E-state index contributed by atoms with van der Waals surface area (Å²) in [6.07, 6.45) is 0.743. The molecule has 1 radical (unpaired) electrons. The van der Waals surface area contributed by atoms with Crippen LogP contribution in [0.5, 0.6) is 0 Å². The lowest BCUT2D eigenvalue weighted by Crippen LogP contribution is -2.10. The minimum Gasteiger partial charge on any atom is -0.456 e. The van der Waals surface area contributed by atoms with E-state index in [4.69, 9.17) is 4.42 Å². The van der Waals surface area contributed by atoms with Gasteiger partial charge in [-0.2, -0.15) is 0 Å². The molecule has 0 spiro atoms. The molecule has 0 saturated carbocycles. The van der Waals surface area contributed by atoms with Gasteiger partial charge in [-0.1, -0.05) is 51.1 Å². The molecule has 0 bridgehead atoms. The highest BCUT2D eigenvalue weighted by molar-refractivity contribution is 6.06. The van der Waals surface area contributed by atoms with Crippen LogP contribution >= 0.6 is 0 Å². The summed E-state index contributed by atoms with van der Waals surface area (Å²) in [7, 11) is 0. The molecular formula is C23H20FO. The Hall–Kier alpha value is -2.61. The number of hydrogen-bond acceptors (Lipinski definition) is 1. The average Bonchev–Trinajstić information content (AvgIpc) is 2.93. The second-order valence-electron chi connectivity index (χ2n) is 7.56. The van der Waals surface area contributed by atoms with Gasteiger partial charge in [-0.05, 0) is 58.9 Å². The van der Waals surface area contributed by atoms with Gasteiger partial charge < -0.3 is 4.42 Å². The summed E-state index contributed by atoms with van der Waals surface area (Å²) >= 11 is 0. The van der Waals surface area contributed by atoms with Crippen LogP contribution in [-0.4, -0.2) is 0 Å². The predicted molar refractivity (Wildman–Crippen MR) is 100 cm³/mol. The lowest BCUT2D eigenvalue weighted by atomic mass is 9.86. The van der Waals surface area contributed by atoms with Crippen LogP contribution < -0.4 is 0 Å². The Morgan fingerprint density at radius 1 is 0.960 bits per heavy atom. The van der Waals surface area contributed by atoms with Crippen molar-refractivity contribution in [2.45, 2.75) is 32.6 Å². The molecule has 0 N–H and O–H groups in total. The van der Waals surface area contributed by atoms with Crippen molar-refractivity contribution in [2.75, 3.05) is 0 Å². The van der Waals surface area contributed by atoms with Crippen molar-refractivity contribution in [2.24, 2.45) is 0 Å². The first-order chi connectivity index (χ1) is 11.9. The maximum absolute atomic E-state index is 13.7. The SMILES string of the molecule is CC(C)(C)c1ccc(Cc2[c]ccc3oc4ccc(F)cc4c23)cc1. The summed E-state index contributed by atoms with van der Waals surface area (Å²) in [5.74, 6) is -0.250. The number of hydrogen-bond donors (Lipinski definition) is 0.